The molecule has 3 aliphatic heterocycles. The number of phenolic OH excluding ortho intramolecular Hbond substituents is 1. The molecule has 2 fully saturated rings. The maximum atomic E-state index is 13.6. The number of carbonyl (C=O) groups is 6. The van der Waals surface area contributed by atoms with Crippen molar-refractivity contribution in [2.24, 2.45) is 7.05 Å². The van der Waals surface area contributed by atoms with Crippen LogP contribution in [-0.4, -0.2) is 118 Å². The number of fused-ring (bicyclic) bond motifs is 1. The van der Waals surface area contributed by atoms with E-state index in [-0.39, 0.29) is 35.9 Å². The summed E-state index contributed by atoms with van der Waals surface area (Å²) in [7, 11) is 1.71. The van der Waals surface area contributed by atoms with Crippen LogP contribution in [-0.2, 0) is 31.0 Å². The van der Waals surface area contributed by atoms with Crippen molar-refractivity contribution in [2.75, 3.05) is 31.1 Å². The van der Waals surface area contributed by atoms with Crippen molar-refractivity contribution in [3.63, 3.8) is 0 Å². The number of nitrogens with one attached hydrogen (secondary N) is 2. The number of β-lactam (4-membered cyclic amide) rings is 1. The van der Waals surface area contributed by atoms with Crippen molar-refractivity contribution in [3.05, 3.63) is 47.3 Å². The number of likely N-dealkylation sites (N-methyl/N-ethyl adjacent to an activating group) is 1. The normalized spacial score (nSPS) is 20.7. The molecule has 0 spiro atoms. The highest BCUT2D eigenvalue weighted by molar-refractivity contribution is 8.01. The molecule has 1 unspecified atom stereocenters. The molecule has 1 aromatic heterocycles. The molecule has 4 N–H and O–H groups in total. The van der Waals surface area contributed by atoms with E-state index in [0.29, 0.717) is 22.8 Å². The molecule has 6 amide bonds. The van der Waals surface area contributed by atoms with Gasteiger partial charge in [-0.1, -0.05) is 17.3 Å². The summed E-state index contributed by atoms with van der Waals surface area (Å²) in [4.78, 5) is 80.2. The Hall–Kier alpha value is -4.58. The van der Waals surface area contributed by atoms with Crippen LogP contribution in [0.4, 0.5) is 4.79 Å². The molecule has 232 valence electrons. The Morgan fingerprint density at radius 2 is 1.86 bits per heavy atom. The molecule has 0 bridgehead atoms. The third-order valence-electron chi connectivity index (χ3n) is 7.31. The van der Waals surface area contributed by atoms with Crippen LogP contribution in [0.3, 0.4) is 0 Å². The number of imide groups is 1. The van der Waals surface area contributed by atoms with Crippen LogP contribution in [0.2, 0.25) is 0 Å². The van der Waals surface area contributed by atoms with Crippen LogP contribution in [0.25, 0.3) is 0 Å². The minimum atomic E-state index is -1.42. The highest BCUT2D eigenvalue weighted by atomic mass is 32.2. The second kappa shape index (κ2) is 12.6. The summed E-state index contributed by atoms with van der Waals surface area (Å²) >= 11 is 2.62. The third kappa shape index (κ3) is 5.81. The van der Waals surface area contributed by atoms with Crippen molar-refractivity contribution in [2.45, 2.75) is 29.4 Å². The molecule has 5 rings (SSSR count). The monoisotopic (exact) mass is 644 g/mol. The number of aryl methyl sites for hydroxylation is 1. The number of rotatable bonds is 9. The van der Waals surface area contributed by atoms with E-state index in [0.717, 1.165) is 9.93 Å². The number of phenols is 1. The molecule has 44 heavy (non-hydrogen) atoms. The van der Waals surface area contributed by atoms with Gasteiger partial charge in [-0.15, -0.1) is 28.6 Å². The number of carboxylic acids is 1. The topological polar surface area (TPSA) is 207 Å². The summed E-state index contributed by atoms with van der Waals surface area (Å²) < 4.78 is 1.55. The third-order valence-corrected chi connectivity index (χ3v) is 9.80. The van der Waals surface area contributed by atoms with Crippen LogP contribution in [0.15, 0.2) is 46.8 Å². The van der Waals surface area contributed by atoms with Crippen molar-refractivity contribution >= 4 is 59.2 Å². The Kier molecular flexibility index (Phi) is 8.82. The lowest BCUT2D eigenvalue weighted by molar-refractivity contribution is -0.153. The Labute approximate surface area is 258 Å². The molecule has 4 heterocycles. The molecule has 2 aromatic rings. The number of piperazine rings is 1. The number of thioether (sulfide) groups is 2. The number of carboxylic acid groups (broad SMARTS) is 1. The molecule has 2 saturated heterocycles. The number of benzene rings is 1. The van der Waals surface area contributed by atoms with Gasteiger partial charge in [0, 0.05) is 38.2 Å². The highest BCUT2D eigenvalue weighted by Crippen LogP contribution is 2.41. The standard InChI is InChI=1S/C26H28N8O8S2/c1-3-32-8-9-33(23(39)22(32)38)26(42)29-17(13-4-6-15(35)7-5-13)20(36)28-18-21(37)34-19(25(40)41)14(12-44-24(18)34)11-43-16-10-27-30-31(16)2/h4-7,10,17-18,24,35H,3,8-9,11-12H2,1-2H3,(H,28,36)(H,29,42)(H,40,41)/t17?,18-,24-/m1/s1. The number of urea groups is 1. The van der Waals surface area contributed by atoms with E-state index < -0.39 is 53.1 Å². The van der Waals surface area contributed by atoms with E-state index in [9.17, 15) is 39.0 Å². The molecule has 0 radical (unpaired) electrons. The Balaban J connectivity index is 1.31. The summed E-state index contributed by atoms with van der Waals surface area (Å²) in [5.74, 6) is -4.12. The first-order valence-corrected chi connectivity index (χ1v) is 15.4. The predicted molar refractivity (Wildman–Crippen MR) is 155 cm³/mol. The van der Waals surface area contributed by atoms with Crippen molar-refractivity contribution in [3.8, 4) is 5.75 Å². The molecule has 3 atom stereocenters. The van der Waals surface area contributed by atoms with Crippen molar-refractivity contribution < 1.29 is 39.0 Å². The van der Waals surface area contributed by atoms with Crippen LogP contribution in [0, 0.1) is 0 Å². The Bertz CT molecular complexity index is 1560. The van der Waals surface area contributed by atoms with Gasteiger partial charge in [-0.25, -0.2) is 14.3 Å². The Morgan fingerprint density at radius 1 is 1.14 bits per heavy atom. The SMILES string of the molecule is CCN1CCN(C(=O)NC(C(=O)N[C@@H]2C(=O)N3C(C(=O)O)=C(CSc4cnnn4C)CS[C@H]23)c2ccc(O)cc2)C(=O)C1=O. The number of aromatic nitrogens is 3. The van der Waals surface area contributed by atoms with Crippen LogP contribution in [0.5, 0.6) is 5.75 Å². The smallest absolute Gasteiger partial charge is 0.352 e. The molecule has 0 aliphatic carbocycles. The van der Waals surface area contributed by atoms with Gasteiger partial charge in [0.25, 0.3) is 5.91 Å². The Morgan fingerprint density at radius 3 is 2.50 bits per heavy atom. The number of hydrogen-bond acceptors (Lipinski definition) is 11. The summed E-state index contributed by atoms with van der Waals surface area (Å²) in [5, 5.41) is 32.4. The van der Waals surface area contributed by atoms with Gasteiger partial charge in [0.1, 0.15) is 33.9 Å². The lowest BCUT2D eigenvalue weighted by Gasteiger charge is -2.49. The first-order chi connectivity index (χ1) is 21.0. The average molecular weight is 645 g/mol. The molecule has 1 aromatic carbocycles. The van der Waals surface area contributed by atoms with Crippen molar-refractivity contribution in [1.82, 2.24) is 40.3 Å². The largest absolute Gasteiger partial charge is 0.508 e. The van der Waals surface area contributed by atoms with Gasteiger partial charge in [-0.2, -0.15) is 0 Å². The summed E-state index contributed by atoms with van der Waals surface area (Å²) in [5.41, 5.74) is 0.610. The highest BCUT2D eigenvalue weighted by Gasteiger charge is 2.54. The van der Waals surface area contributed by atoms with E-state index in [4.69, 9.17) is 0 Å². The van der Waals surface area contributed by atoms with Crippen LogP contribution in [0.1, 0.15) is 18.5 Å². The fourth-order valence-corrected chi connectivity index (χ4v) is 7.32. The lowest BCUT2D eigenvalue weighted by atomic mass is 10.0. The van der Waals surface area contributed by atoms with E-state index in [1.54, 1.807) is 24.9 Å². The summed E-state index contributed by atoms with van der Waals surface area (Å²) in [6.07, 6.45) is 1.55. The average Bonchev–Trinajstić information content (AvgIpc) is 3.42. The fourth-order valence-electron chi connectivity index (χ4n) is 4.94. The second-order valence-corrected chi connectivity index (χ2v) is 12.1. The van der Waals surface area contributed by atoms with Gasteiger partial charge < -0.3 is 25.7 Å². The maximum Gasteiger partial charge on any atom is 0.352 e. The zero-order valence-electron chi connectivity index (χ0n) is 23.5. The number of amides is 6. The minimum Gasteiger partial charge on any atom is -0.508 e. The first kappa shape index (κ1) is 30.9. The number of hydrogen-bond donors (Lipinski definition) is 4. The van der Waals surface area contributed by atoms with E-state index in [1.165, 1.54) is 52.7 Å². The maximum absolute atomic E-state index is 13.6. The van der Waals surface area contributed by atoms with Gasteiger partial charge in [-0.05, 0) is 30.2 Å². The van der Waals surface area contributed by atoms with E-state index in [1.807, 2.05) is 0 Å². The van der Waals surface area contributed by atoms with Crippen LogP contribution < -0.4 is 10.6 Å². The number of aromatic hydroxyl groups is 1. The molecule has 16 nitrogen and oxygen atoms in total. The molecular weight excluding hydrogens is 616 g/mol. The quantitative estimate of drug-likeness (QED) is 0.155. The van der Waals surface area contributed by atoms with E-state index >= 15 is 0 Å². The molecule has 0 saturated carbocycles. The molecule has 18 heteroatoms. The molecular formula is C26H28N8O8S2. The van der Waals surface area contributed by atoms with Crippen LogP contribution >= 0.6 is 23.5 Å². The minimum absolute atomic E-state index is 0.0784. The molecule has 3 aliphatic rings. The lowest BCUT2D eigenvalue weighted by Crippen LogP contribution is -2.71. The van der Waals surface area contributed by atoms with Gasteiger partial charge >= 0.3 is 23.8 Å². The van der Waals surface area contributed by atoms with E-state index in [2.05, 4.69) is 20.9 Å². The van der Waals surface area contributed by atoms with Crippen molar-refractivity contribution in [1.29, 1.82) is 0 Å². The first-order valence-electron chi connectivity index (χ1n) is 13.4. The predicted octanol–water partition coefficient (Wildman–Crippen LogP) is -0.507. The van der Waals surface area contributed by atoms with Gasteiger partial charge in [0.05, 0.1) is 6.20 Å². The zero-order valence-corrected chi connectivity index (χ0v) is 25.1. The number of aliphatic carboxylic acids is 1. The van der Waals surface area contributed by atoms with Gasteiger partial charge in [-0.3, -0.25) is 29.0 Å². The summed E-state index contributed by atoms with van der Waals surface area (Å²) in [6.45, 7) is 2.06. The van der Waals surface area contributed by atoms with Gasteiger partial charge in [0.2, 0.25) is 5.91 Å². The second-order valence-electron chi connectivity index (χ2n) is 9.95. The summed E-state index contributed by atoms with van der Waals surface area (Å²) in [6, 6.07) is 1.88. The zero-order chi connectivity index (χ0) is 31.7. The number of nitrogens with zero attached hydrogens (tertiary/aromatic N) is 6. The fraction of sp³-hybridized carbons (Fsp3) is 0.385. The number of carbonyl (C=O) groups excluding carboxylic acids is 5. The van der Waals surface area contributed by atoms with Gasteiger partial charge in [0.15, 0.2) is 0 Å².